The molecule has 1 aliphatic heterocycles. The van der Waals surface area contributed by atoms with Crippen molar-refractivity contribution in [2.24, 2.45) is 22.2 Å². The van der Waals surface area contributed by atoms with Gasteiger partial charge in [0.1, 0.15) is 5.41 Å². The van der Waals surface area contributed by atoms with Crippen molar-refractivity contribution >= 4 is 11.7 Å². The number of hydrogen-bond acceptors (Lipinski definition) is 4. The maximum absolute atomic E-state index is 12.6. The fourth-order valence-corrected chi connectivity index (χ4v) is 3.02. The van der Waals surface area contributed by atoms with Crippen LogP contribution in [0, 0.1) is 11.3 Å². The standard InChI is InChI=1S/C12H21N3O3/c1-8-5-12(6-8,10(13)14-17)11(16)15-3-4-18-9(2)7-15/h8-9,17H,3-7H2,1-2H3,(H2,13,14). The minimum absolute atomic E-state index is 0.0222. The van der Waals surface area contributed by atoms with E-state index in [0.29, 0.717) is 38.5 Å². The molecule has 1 amide bonds. The van der Waals surface area contributed by atoms with E-state index in [9.17, 15) is 4.79 Å². The van der Waals surface area contributed by atoms with Crippen LogP contribution in [0.4, 0.5) is 0 Å². The third kappa shape index (κ3) is 2.05. The lowest BCUT2D eigenvalue weighted by Crippen LogP contribution is -2.60. The van der Waals surface area contributed by atoms with Crippen LogP contribution in [0.1, 0.15) is 26.7 Å². The van der Waals surface area contributed by atoms with Crippen LogP contribution >= 0.6 is 0 Å². The quantitative estimate of drug-likeness (QED) is 0.323. The zero-order valence-electron chi connectivity index (χ0n) is 10.9. The van der Waals surface area contributed by atoms with Gasteiger partial charge in [0, 0.05) is 13.1 Å². The van der Waals surface area contributed by atoms with Crippen LogP contribution in [0.25, 0.3) is 0 Å². The summed E-state index contributed by atoms with van der Waals surface area (Å²) in [5.41, 5.74) is 4.95. The highest BCUT2D eigenvalue weighted by molar-refractivity contribution is 6.07. The monoisotopic (exact) mass is 255 g/mol. The van der Waals surface area contributed by atoms with Crippen LogP contribution in [0.15, 0.2) is 5.16 Å². The van der Waals surface area contributed by atoms with E-state index in [1.807, 2.05) is 6.92 Å². The molecule has 0 bridgehead atoms. The SMILES string of the molecule is CC1CC(C(=O)N2CCOC(C)C2)(C(N)=NO)C1. The van der Waals surface area contributed by atoms with Crippen LogP contribution in [0.2, 0.25) is 0 Å². The maximum Gasteiger partial charge on any atom is 0.236 e. The van der Waals surface area contributed by atoms with Gasteiger partial charge < -0.3 is 20.6 Å². The van der Waals surface area contributed by atoms with Gasteiger partial charge in [0.2, 0.25) is 5.91 Å². The minimum Gasteiger partial charge on any atom is -0.409 e. The van der Waals surface area contributed by atoms with E-state index in [4.69, 9.17) is 15.7 Å². The van der Waals surface area contributed by atoms with Gasteiger partial charge >= 0.3 is 0 Å². The summed E-state index contributed by atoms with van der Waals surface area (Å²) in [6.07, 6.45) is 1.37. The van der Waals surface area contributed by atoms with Crippen molar-refractivity contribution in [2.45, 2.75) is 32.8 Å². The van der Waals surface area contributed by atoms with E-state index >= 15 is 0 Å². The zero-order chi connectivity index (χ0) is 13.3. The molecule has 1 saturated heterocycles. The number of carbonyl (C=O) groups excluding carboxylic acids is 1. The number of morpholine rings is 1. The fraction of sp³-hybridized carbons (Fsp3) is 0.833. The van der Waals surface area contributed by atoms with Gasteiger partial charge in [-0.05, 0) is 25.7 Å². The highest BCUT2D eigenvalue weighted by atomic mass is 16.5. The van der Waals surface area contributed by atoms with Crippen LogP contribution < -0.4 is 5.73 Å². The van der Waals surface area contributed by atoms with E-state index in [2.05, 4.69) is 12.1 Å². The highest BCUT2D eigenvalue weighted by Crippen LogP contribution is 2.47. The van der Waals surface area contributed by atoms with E-state index in [0.717, 1.165) is 0 Å². The summed E-state index contributed by atoms with van der Waals surface area (Å²) in [6, 6.07) is 0. The van der Waals surface area contributed by atoms with E-state index in [-0.39, 0.29) is 17.8 Å². The first-order valence-corrected chi connectivity index (χ1v) is 6.38. The number of amidine groups is 1. The van der Waals surface area contributed by atoms with Crippen LogP contribution in [-0.4, -0.2) is 47.7 Å². The average Bonchev–Trinajstić information content (AvgIpc) is 2.33. The van der Waals surface area contributed by atoms with Crippen molar-refractivity contribution < 1.29 is 14.7 Å². The summed E-state index contributed by atoms with van der Waals surface area (Å²) < 4.78 is 5.43. The highest BCUT2D eigenvalue weighted by Gasteiger charge is 2.54. The Morgan fingerprint density at radius 1 is 1.50 bits per heavy atom. The Labute approximate surface area is 107 Å². The summed E-state index contributed by atoms with van der Waals surface area (Å²) in [5.74, 6) is 0.462. The second-order valence-electron chi connectivity index (χ2n) is 5.51. The number of ether oxygens (including phenoxy) is 1. The van der Waals surface area contributed by atoms with Crippen molar-refractivity contribution in [2.75, 3.05) is 19.7 Å². The molecule has 6 nitrogen and oxygen atoms in total. The molecule has 2 fully saturated rings. The van der Waals surface area contributed by atoms with Gasteiger partial charge in [-0.15, -0.1) is 0 Å². The first-order valence-electron chi connectivity index (χ1n) is 6.38. The van der Waals surface area contributed by atoms with E-state index in [1.54, 1.807) is 4.90 Å². The van der Waals surface area contributed by atoms with Crippen molar-refractivity contribution in [3.8, 4) is 0 Å². The topological polar surface area (TPSA) is 88.2 Å². The third-order valence-corrected chi connectivity index (χ3v) is 3.93. The molecule has 1 unspecified atom stereocenters. The largest absolute Gasteiger partial charge is 0.409 e. The Bertz CT molecular complexity index is 364. The molecule has 6 heteroatoms. The molecule has 1 heterocycles. The lowest BCUT2D eigenvalue weighted by Gasteiger charge is -2.47. The summed E-state index contributed by atoms with van der Waals surface area (Å²) in [7, 11) is 0. The molecule has 2 aliphatic rings. The van der Waals surface area contributed by atoms with Gasteiger partial charge in [-0.25, -0.2) is 0 Å². The summed E-state index contributed by atoms with van der Waals surface area (Å²) in [5, 5.41) is 12.0. The molecule has 1 aliphatic carbocycles. The van der Waals surface area contributed by atoms with Gasteiger partial charge in [-0.1, -0.05) is 12.1 Å². The van der Waals surface area contributed by atoms with Gasteiger partial charge in [-0.3, -0.25) is 4.79 Å². The average molecular weight is 255 g/mol. The Morgan fingerprint density at radius 2 is 2.17 bits per heavy atom. The maximum atomic E-state index is 12.6. The van der Waals surface area contributed by atoms with Crippen molar-refractivity contribution in [3.63, 3.8) is 0 Å². The second-order valence-corrected chi connectivity index (χ2v) is 5.51. The van der Waals surface area contributed by atoms with Gasteiger partial charge in [0.25, 0.3) is 0 Å². The molecule has 3 N–H and O–H groups in total. The van der Waals surface area contributed by atoms with Gasteiger partial charge in [0.05, 0.1) is 12.7 Å². The van der Waals surface area contributed by atoms with Gasteiger partial charge in [0.15, 0.2) is 5.84 Å². The van der Waals surface area contributed by atoms with E-state index in [1.165, 1.54) is 0 Å². The molecular formula is C12H21N3O3. The molecule has 0 aromatic carbocycles. The van der Waals surface area contributed by atoms with Crippen molar-refractivity contribution in [1.29, 1.82) is 0 Å². The van der Waals surface area contributed by atoms with Crippen LogP contribution in [0.3, 0.4) is 0 Å². The lowest BCUT2D eigenvalue weighted by molar-refractivity contribution is -0.151. The molecule has 0 aromatic heterocycles. The predicted octanol–water partition coefficient (Wildman–Crippen LogP) is 0.396. The number of nitrogens with two attached hydrogens (primary N) is 1. The summed E-state index contributed by atoms with van der Waals surface area (Å²) in [6.45, 7) is 5.72. The van der Waals surface area contributed by atoms with Crippen LogP contribution in [0.5, 0.6) is 0 Å². The number of rotatable bonds is 2. The Balaban J connectivity index is 2.14. The Hall–Kier alpha value is -1.30. The molecule has 0 aromatic rings. The number of nitrogens with zero attached hydrogens (tertiary/aromatic N) is 2. The number of amides is 1. The molecule has 2 rings (SSSR count). The van der Waals surface area contributed by atoms with E-state index < -0.39 is 5.41 Å². The first-order chi connectivity index (χ1) is 8.49. The van der Waals surface area contributed by atoms with Crippen molar-refractivity contribution in [3.05, 3.63) is 0 Å². The van der Waals surface area contributed by atoms with Gasteiger partial charge in [-0.2, -0.15) is 0 Å². The Kier molecular flexibility index (Phi) is 3.47. The fourth-order valence-electron chi connectivity index (χ4n) is 3.02. The number of oxime groups is 1. The second kappa shape index (κ2) is 4.76. The minimum atomic E-state index is -0.786. The summed E-state index contributed by atoms with van der Waals surface area (Å²) in [4.78, 5) is 14.4. The summed E-state index contributed by atoms with van der Waals surface area (Å²) >= 11 is 0. The normalized spacial score (nSPS) is 37.2. The molecule has 0 radical (unpaired) electrons. The molecule has 18 heavy (non-hydrogen) atoms. The Morgan fingerprint density at radius 3 is 2.67 bits per heavy atom. The molecular weight excluding hydrogens is 234 g/mol. The molecule has 1 saturated carbocycles. The number of hydrogen-bond donors (Lipinski definition) is 2. The third-order valence-electron chi connectivity index (χ3n) is 3.93. The van der Waals surface area contributed by atoms with Crippen molar-refractivity contribution in [1.82, 2.24) is 4.90 Å². The molecule has 102 valence electrons. The lowest BCUT2D eigenvalue weighted by atomic mass is 9.61. The first kappa shape index (κ1) is 13.1. The molecule has 1 atom stereocenters. The zero-order valence-corrected chi connectivity index (χ0v) is 10.9. The predicted molar refractivity (Wildman–Crippen MR) is 66.2 cm³/mol. The number of carbonyl (C=O) groups is 1. The van der Waals surface area contributed by atoms with Crippen LogP contribution in [-0.2, 0) is 9.53 Å². The molecule has 0 spiro atoms. The smallest absolute Gasteiger partial charge is 0.236 e.